The van der Waals surface area contributed by atoms with Crippen LogP contribution in [0.3, 0.4) is 0 Å². The second-order valence-corrected chi connectivity index (χ2v) is 3.56. The molecule has 1 amide bonds. The molecule has 62 valence electrons. The predicted octanol–water partition coefficient (Wildman–Crippen LogP) is 0.157. The lowest BCUT2D eigenvalue weighted by Crippen LogP contribution is -2.43. The van der Waals surface area contributed by atoms with Crippen molar-refractivity contribution < 1.29 is 9.53 Å². The molecule has 2 rings (SSSR count). The van der Waals surface area contributed by atoms with Crippen molar-refractivity contribution in [3.63, 3.8) is 0 Å². The Morgan fingerprint density at radius 3 is 2.55 bits per heavy atom. The molecule has 1 aliphatic carbocycles. The lowest BCUT2D eigenvalue weighted by atomic mass is 10.1. The summed E-state index contributed by atoms with van der Waals surface area (Å²) in [6.45, 7) is 3.39. The average molecular weight is 155 g/mol. The predicted molar refractivity (Wildman–Crippen MR) is 40.0 cm³/mol. The van der Waals surface area contributed by atoms with Gasteiger partial charge in [0.2, 0.25) is 5.91 Å². The normalized spacial score (nSPS) is 36.1. The molecule has 2 fully saturated rings. The minimum absolute atomic E-state index is 0.141. The molecule has 1 saturated carbocycles. The number of nitrogens with one attached hydrogen (secondary N) is 1. The highest BCUT2D eigenvalue weighted by atomic mass is 16.5. The van der Waals surface area contributed by atoms with Crippen LogP contribution in [0.25, 0.3) is 0 Å². The molecule has 11 heavy (non-hydrogen) atoms. The summed E-state index contributed by atoms with van der Waals surface area (Å²) in [4.78, 5) is 11.2. The quantitative estimate of drug-likeness (QED) is 0.616. The van der Waals surface area contributed by atoms with Gasteiger partial charge in [-0.1, -0.05) is 6.92 Å². The van der Waals surface area contributed by atoms with Gasteiger partial charge in [-0.3, -0.25) is 4.79 Å². The number of carbonyl (C=O) groups excluding carboxylic acids is 1. The van der Waals surface area contributed by atoms with E-state index in [2.05, 4.69) is 12.2 Å². The molecule has 1 heterocycles. The SMILES string of the molecule is CC1CC1NC(=O)C1COC1. The molecule has 2 unspecified atom stereocenters. The molecule has 0 aromatic carbocycles. The lowest BCUT2D eigenvalue weighted by molar-refractivity contribution is -0.139. The zero-order valence-corrected chi connectivity index (χ0v) is 6.67. The van der Waals surface area contributed by atoms with Gasteiger partial charge < -0.3 is 10.1 Å². The van der Waals surface area contributed by atoms with Gasteiger partial charge in [0.05, 0.1) is 19.1 Å². The van der Waals surface area contributed by atoms with Crippen molar-refractivity contribution >= 4 is 5.91 Å². The van der Waals surface area contributed by atoms with E-state index in [0.29, 0.717) is 25.2 Å². The van der Waals surface area contributed by atoms with E-state index in [0.717, 1.165) is 6.42 Å². The summed E-state index contributed by atoms with van der Waals surface area (Å²) in [6.07, 6.45) is 1.15. The Balaban J connectivity index is 1.73. The number of carbonyl (C=O) groups is 1. The Morgan fingerprint density at radius 1 is 1.55 bits per heavy atom. The third-order valence-corrected chi connectivity index (χ3v) is 2.45. The van der Waals surface area contributed by atoms with Crippen LogP contribution in [-0.4, -0.2) is 25.2 Å². The zero-order valence-electron chi connectivity index (χ0n) is 6.67. The van der Waals surface area contributed by atoms with Gasteiger partial charge in [0, 0.05) is 6.04 Å². The summed E-state index contributed by atoms with van der Waals surface area (Å²) < 4.78 is 4.92. The van der Waals surface area contributed by atoms with Gasteiger partial charge in [-0.05, 0) is 12.3 Å². The van der Waals surface area contributed by atoms with Gasteiger partial charge in [0.1, 0.15) is 0 Å². The van der Waals surface area contributed by atoms with Crippen LogP contribution < -0.4 is 5.32 Å². The third kappa shape index (κ3) is 1.38. The number of hydrogen-bond acceptors (Lipinski definition) is 2. The fourth-order valence-electron chi connectivity index (χ4n) is 1.21. The molecule has 2 aliphatic rings. The summed E-state index contributed by atoms with van der Waals surface area (Å²) in [6, 6.07) is 0.461. The van der Waals surface area contributed by atoms with E-state index in [-0.39, 0.29) is 11.8 Å². The van der Waals surface area contributed by atoms with E-state index in [4.69, 9.17) is 4.74 Å². The third-order valence-electron chi connectivity index (χ3n) is 2.45. The Hall–Kier alpha value is -0.570. The lowest BCUT2D eigenvalue weighted by Gasteiger charge is -2.24. The van der Waals surface area contributed by atoms with Crippen LogP contribution in [0.15, 0.2) is 0 Å². The van der Waals surface area contributed by atoms with Crippen molar-refractivity contribution in [1.29, 1.82) is 0 Å². The summed E-state index contributed by atoms with van der Waals surface area (Å²) in [5, 5.41) is 2.99. The van der Waals surface area contributed by atoms with E-state index < -0.39 is 0 Å². The molecular formula is C8H13NO2. The minimum Gasteiger partial charge on any atom is -0.380 e. The van der Waals surface area contributed by atoms with Crippen LogP contribution in [0, 0.1) is 11.8 Å². The van der Waals surface area contributed by atoms with E-state index >= 15 is 0 Å². The van der Waals surface area contributed by atoms with Crippen LogP contribution in [0.2, 0.25) is 0 Å². The first-order chi connectivity index (χ1) is 5.27. The van der Waals surface area contributed by atoms with Crippen LogP contribution in [0.4, 0.5) is 0 Å². The zero-order chi connectivity index (χ0) is 7.84. The average Bonchev–Trinajstić information content (AvgIpc) is 2.40. The molecule has 1 N–H and O–H groups in total. The van der Waals surface area contributed by atoms with Crippen molar-refractivity contribution in [2.45, 2.75) is 19.4 Å². The molecule has 0 spiro atoms. The Labute approximate surface area is 66.1 Å². The Kier molecular flexibility index (Phi) is 1.60. The maximum absolute atomic E-state index is 11.2. The highest BCUT2D eigenvalue weighted by Crippen LogP contribution is 2.29. The summed E-state index contributed by atoms with van der Waals surface area (Å²) in [5.74, 6) is 1.02. The molecule has 0 bridgehead atoms. The fraction of sp³-hybridized carbons (Fsp3) is 0.875. The standard InChI is InChI=1S/C8H13NO2/c1-5-2-7(5)9-8(10)6-3-11-4-6/h5-7H,2-4H2,1H3,(H,9,10). The van der Waals surface area contributed by atoms with Crippen LogP contribution >= 0.6 is 0 Å². The van der Waals surface area contributed by atoms with Crippen molar-refractivity contribution in [2.75, 3.05) is 13.2 Å². The van der Waals surface area contributed by atoms with Crippen molar-refractivity contribution in [3.8, 4) is 0 Å². The smallest absolute Gasteiger partial charge is 0.228 e. The van der Waals surface area contributed by atoms with Crippen LogP contribution in [-0.2, 0) is 9.53 Å². The van der Waals surface area contributed by atoms with E-state index in [1.165, 1.54) is 0 Å². The van der Waals surface area contributed by atoms with Gasteiger partial charge >= 0.3 is 0 Å². The van der Waals surface area contributed by atoms with E-state index in [9.17, 15) is 4.79 Å². The molecular weight excluding hydrogens is 142 g/mol. The molecule has 1 saturated heterocycles. The summed E-state index contributed by atoms with van der Waals surface area (Å²) >= 11 is 0. The first kappa shape index (κ1) is 7.10. The second-order valence-electron chi connectivity index (χ2n) is 3.56. The highest BCUT2D eigenvalue weighted by molar-refractivity contribution is 5.80. The van der Waals surface area contributed by atoms with E-state index in [1.54, 1.807) is 0 Å². The van der Waals surface area contributed by atoms with E-state index in [1.807, 2.05) is 0 Å². The molecule has 0 aromatic rings. The van der Waals surface area contributed by atoms with Gasteiger partial charge in [-0.25, -0.2) is 0 Å². The second kappa shape index (κ2) is 2.48. The topological polar surface area (TPSA) is 38.3 Å². The molecule has 1 aliphatic heterocycles. The van der Waals surface area contributed by atoms with Crippen LogP contribution in [0.5, 0.6) is 0 Å². The molecule has 3 heteroatoms. The fourth-order valence-corrected chi connectivity index (χ4v) is 1.21. The van der Waals surface area contributed by atoms with Crippen molar-refractivity contribution in [2.24, 2.45) is 11.8 Å². The maximum Gasteiger partial charge on any atom is 0.228 e. The Morgan fingerprint density at radius 2 is 2.18 bits per heavy atom. The molecule has 2 atom stereocenters. The first-order valence-corrected chi connectivity index (χ1v) is 4.15. The Bertz CT molecular complexity index is 177. The molecule has 0 radical (unpaired) electrons. The number of rotatable bonds is 2. The maximum atomic E-state index is 11.2. The summed E-state index contributed by atoms with van der Waals surface area (Å²) in [7, 11) is 0. The molecule has 3 nitrogen and oxygen atoms in total. The van der Waals surface area contributed by atoms with Crippen LogP contribution in [0.1, 0.15) is 13.3 Å². The van der Waals surface area contributed by atoms with Crippen molar-refractivity contribution in [3.05, 3.63) is 0 Å². The summed E-state index contributed by atoms with van der Waals surface area (Å²) in [5.41, 5.74) is 0. The monoisotopic (exact) mass is 155 g/mol. The molecule has 0 aromatic heterocycles. The van der Waals surface area contributed by atoms with Gasteiger partial charge in [0.15, 0.2) is 0 Å². The number of hydrogen-bond donors (Lipinski definition) is 1. The largest absolute Gasteiger partial charge is 0.380 e. The number of ether oxygens (including phenoxy) is 1. The van der Waals surface area contributed by atoms with Gasteiger partial charge in [-0.15, -0.1) is 0 Å². The van der Waals surface area contributed by atoms with Crippen molar-refractivity contribution in [1.82, 2.24) is 5.32 Å². The number of amides is 1. The highest BCUT2D eigenvalue weighted by Gasteiger charge is 2.36. The minimum atomic E-state index is 0.141. The van der Waals surface area contributed by atoms with Gasteiger partial charge in [-0.2, -0.15) is 0 Å². The first-order valence-electron chi connectivity index (χ1n) is 4.15. The van der Waals surface area contributed by atoms with Gasteiger partial charge in [0.25, 0.3) is 0 Å².